The third-order valence-electron chi connectivity index (χ3n) is 3.61. The van der Waals surface area contributed by atoms with Crippen LogP contribution in [0.3, 0.4) is 0 Å². The number of hydrazine groups is 2. The van der Waals surface area contributed by atoms with Crippen LogP contribution in [-0.2, 0) is 0 Å². The second-order valence-corrected chi connectivity index (χ2v) is 10.8. The monoisotopic (exact) mass is 262 g/mol. The van der Waals surface area contributed by atoms with Gasteiger partial charge in [-0.1, -0.05) is 15.8 Å². The highest BCUT2D eigenvalue weighted by atomic mass is 31.1. The van der Waals surface area contributed by atoms with Gasteiger partial charge in [-0.3, -0.25) is 21.7 Å². The second kappa shape index (κ2) is 5.56. The lowest BCUT2D eigenvalue weighted by atomic mass is 10.8. The van der Waals surface area contributed by atoms with Gasteiger partial charge in [0.15, 0.2) is 0 Å². The maximum absolute atomic E-state index is 3.37. The molecule has 2 heterocycles. The first kappa shape index (κ1) is 13.1. The van der Waals surface area contributed by atoms with Crippen LogP contribution in [0.1, 0.15) is 27.7 Å². The zero-order valence-electron chi connectivity index (χ0n) is 10.6. The molecule has 0 unspecified atom stereocenters. The molecule has 0 aliphatic carbocycles. The third kappa shape index (κ3) is 2.75. The van der Waals surface area contributed by atoms with E-state index in [1.807, 2.05) is 0 Å². The largest absolute Gasteiger partial charge is 0.250 e. The molecule has 0 amide bonds. The summed E-state index contributed by atoms with van der Waals surface area (Å²) in [5.41, 5.74) is 13.5. The minimum Gasteiger partial charge on any atom is -0.250 e. The first-order valence-electron chi connectivity index (χ1n) is 6.13. The molecule has 4 nitrogen and oxygen atoms in total. The molecule has 4 N–H and O–H groups in total. The lowest BCUT2D eigenvalue weighted by Crippen LogP contribution is -2.30. The van der Waals surface area contributed by atoms with Gasteiger partial charge >= 0.3 is 0 Å². The van der Waals surface area contributed by atoms with Gasteiger partial charge in [-0.05, 0) is 40.0 Å². The Morgan fingerprint density at radius 3 is 1.12 bits per heavy atom. The molecule has 0 spiro atoms. The van der Waals surface area contributed by atoms with Crippen LogP contribution in [0.2, 0.25) is 0 Å². The summed E-state index contributed by atoms with van der Waals surface area (Å²) in [6.45, 7) is 9.25. The van der Waals surface area contributed by atoms with E-state index in [1.54, 1.807) is 0 Å². The average molecular weight is 262 g/mol. The molecule has 0 radical (unpaired) electrons. The summed E-state index contributed by atoms with van der Waals surface area (Å²) in [5, 5.41) is 0. The maximum atomic E-state index is 3.37. The Morgan fingerprint density at radius 1 is 0.625 bits per heavy atom. The van der Waals surface area contributed by atoms with Crippen molar-refractivity contribution in [3.05, 3.63) is 0 Å². The Morgan fingerprint density at radius 2 is 0.875 bits per heavy atom. The van der Waals surface area contributed by atoms with Gasteiger partial charge in [0.25, 0.3) is 0 Å². The van der Waals surface area contributed by atoms with E-state index >= 15 is 0 Å². The Kier molecular flexibility index (Phi) is 4.57. The fraction of sp³-hybridized carbons (Fsp3) is 1.00. The van der Waals surface area contributed by atoms with Crippen LogP contribution in [0, 0.1) is 0 Å². The summed E-state index contributed by atoms with van der Waals surface area (Å²) < 4.78 is 0. The van der Waals surface area contributed by atoms with E-state index < -0.39 is 0 Å². The van der Waals surface area contributed by atoms with Crippen molar-refractivity contribution in [3.63, 3.8) is 0 Å². The van der Waals surface area contributed by atoms with Crippen molar-refractivity contribution in [2.75, 3.05) is 12.3 Å². The number of nitrogens with one attached hydrogen (secondary N) is 4. The van der Waals surface area contributed by atoms with Crippen molar-refractivity contribution >= 4 is 15.8 Å². The Hall–Kier alpha value is 0.700. The van der Waals surface area contributed by atoms with Gasteiger partial charge in [0, 0.05) is 23.1 Å². The molecule has 94 valence electrons. The average Bonchev–Trinajstić information content (AvgIpc) is 2.72. The first-order valence-corrected chi connectivity index (χ1v) is 9.46. The summed E-state index contributed by atoms with van der Waals surface area (Å²) in [7, 11) is 0.233. The Bertz CT molecular complexity index is 197. The van der Waals surface area contributed by atoms with Gasteiger partial charge in [-0.15, -0.1) is 0 Å². The minimum atomic E-state index is 0.117. The van der Waals surface area contributed by atoms with Crippen LogP contribution in [0.4, 0.5) is 0 Å². The molecule has 6 heteroatoms. The van der Waals surface area contributed by atoms with Crippen molar-refractivity contribution < 1.29 is 0 Å². The van der Waals surface area contributed by atoms with Gasteiger partial charge in [-0.2, -0.15) is 0 Å². The summed E-state index contributed by atoms with van der Waals surface area (Å²) in [6, 6.07) is 0. The molecule has 2 rings (SSSR count). The molecular weight excluding hydrogens is 238 g/mol. The van der Waals surface area contributed by atoms with Crippen molar-refractivity contribution in [3.8, 4) is 0 Å². The van der Waals surface area contributed by atoms with E-state index in [9.17, 15) is 0 Å². The molecule has 2 aliphatic rings. The van der Waals surface area contributed by atoms with Crippen LogP contribution >= 0.6 is 15.8 Å². The number of rotatable bonds is 3. The zero-order valence-corrected chi connectivity index (χ0v) is 12.4. The first-order chi connectivity index (χ1) is 7.59. The van der Waals surface area contributed by atoms with Crippen LogP contribution < -0.4 is 21.7 Å². The van der Waals surface area contributed by atoms with Crippen LogP contribution in [0.5, 0.6) is 0 Å². The fourth-order valence-electron chi connectivity index (χ4n) is 2.49. The number of hydrogen-bond acceptors (Lipinski definition) is 4. The molecule has 0 aromatic carbocycles. The summed E-state index contributed by atoms with van der Waals surface area (Å²) in [6.07, 6.45) is 2.81. The van der Waals surface area contributed by atoms with E-state index in [4.69, 9.17) is 0 Å². The van der Waals surface area contributed by atoms with Crippen molar-refractivity contribution in [1.82, 2.24) is 21.7 Å². The molecule has 0 bridgehead atoms. The molecule has 0 saturated carbocycles. The summed E-state index contributed by atoms with van der Waals surface area (Å²) in [4.78, 5) is 0. The van der Waals surface area contributed by atoms with Gasteiger partial charge < -0.3 is 0 Å². The third-order valence-corrected chi connectivity index (χ3v) is 9.94. The standard InChI is InChI=1S/C10H24N4P2/c1-7-11-12-8(2)15(7)5-6-16-9(3)13-14-10(16)4/h7-14H,5-6H2,1-4H3/t7-,8-,9-,10-/m0/s1. The molecule has 0 aromatic rings. The van der Waals surface area contributed by atoms with E-state index in [-0.39, 0.29) is 15.8 Å². The summed E-state index contributed by atoms with van der Waals surface area (Å²) in [5.74, 6) is 2.70. The SMILES string of the molecule is C[C@H]1NN[C@H](C)P1CCP1[C@@H](C)NN[C@@H]1C. The Labute approximate surface area is 101 Å². The molecule has 16 heavy (non-hydrogen) atoms. The molecule has 2 saturated heterocycles. The highest BCUT2D eigenvalue weighted by molar-refractivity contribution is 7.63. The predicted molar refractivity (Wildman–Crippen MR) is 74.0 cm³/mol. The van der Waals surface area contributed by atoms with Gasteiger partial charge in [-0.25, -0.2) is 0 Å². The lowest BCUT2D eigenvalue weighted by Gasteiger charge is -2.24. The quantitative estimate of drug-likeness (QED) is 0.583. The normalized spacial score (nSPS) is 42.0. The highest BCUT2D eigenvalue weighted by Gasteiger charge is 2.33. The minimum absolute atomic E-state index is 0.117. The highest BCUT2D eigenvalue weighted by Crippen LogP contribution is 2.53. The maximum Gasteiger partial charge on any atom is 0.0397 e. The smallest absolute Gasteiger partial charge is 0.0397 e. The van der Waals surface area contributed by atoms with Crippen LogP contribution in [0.15, 0.2) is 0 Å². The van der Waals surface area contributed by atoms with Gasteiger partial charge in [0.2, 0.25) is 0 Å². The zero-order chi connectivity index (χ0) is 11.7. The van der Waals surface area contributed by atoms with Crippen molar-refractivity contribution in [2.45, 2.75) is 50.8 Å². The molecule has 2 fully saturated rings. The fourth-order valence-corrected chi connectivity index (χ4v) is 8.19. The van der Waals surface area contributed by atoms with Crippen LogP contribution in [-0.4, -0.2) is 35.5 Å². The van der Waals surface area contributed by atoms with E-state index in [0.29, 0.717) is 23.1 Å². The van der Waals surface area contributed by atoms with E-state index in [0.717, 1.165) is 0 Å². The van der Waals surface area contributed by atoms with Gasteiger partial charge in [0.1, 0.15) is 0 Å². The summed E-state index contributed by atoms with van der Waals surface area (Å²) >= 11 is 0. The van der Waals surface area contributed by atoms with E-state index in [2.05, 4.69) is 49.4 Å². The molecular formula is C10H24N4P2. The van der Waals surface area contributed by atoms with Crippen molar-refractivity contribution in [2.24, 2.45) is 0 Å². The van der Waals surface area contributed by atoms with Crippen LogP contribution in [0.25, 0.3) is 0 Å². The molecule has 0 aromatic heterocycles. The number of hydrogen-bond donors (Lipinski definition) is 4. The second-order valence-electron chi connectivity index (χ2n) is 4.76. The van der Waals surface area contributed by atoms with E-state index in [1.165, 1.54) is 12.3 Å². The topological polar surface area (TPSA) is 48.1 Å². The predicted octanol–water partition coefficient (Wildman–Crippen LogP) is 1.55. The van der Waals surface area contributed by atoms with Gasteiger partial charge in [0.05, 0.1) is 0 Å². The Balaban J connectivity index is 1.82. The lowest BCUT2D eigenvalue weighted by molar-refractivity contribution is 0.567. The van der Waals surface area contributed by atoms with Crippen molar-refractivity contribution in [1.29, 1.82) is 0 Å². The molecule has 2 aliphatic heterocycles. The molecule has 4 atom stereocenters.